The second kappa shape index (κ2) is 4.26. The maximum atomic E-state index is 5.77. The number of fused-ring (bicyclic) bond motifs is 1. The molecule has 0 amide bonds. The van der Waals surface area contributed by atoms with Gasteiger partial charge in [-0.2, -0.15) is 9.97 Å². The lowest BCUT2D eigenvalue weighted by molar-refractivity contribution is 1.22. The minimum absolute atomic E-state index is 0.141. The van der Waals surface area contributed by atoms with Crippen LogP contribution in [0.4, 0.5) is 11.8 Å². The predicted octanol–water partition coefficient (Wildman–Crippen LogP) is 0.185. The number of thiocarbonyl (C=S) groups is 1. The number of rotatable bonds is 0. The Labute approximate surface area is 84.1 Å². The standard InChI is InChI=1S/C5H6N6.CHNS/c6-3-2-4(9-1-8-2)11-5(7)10-3;2-1-3/h1H,(H5,6,7,8,9,10,11);2H. The lowest BCUT2D eigenvalue weighted by Crippen LogP contribution is -1.99. The van der Waals surface area contributed by atoms with E-state index in [9.17, 15) is 0 Å². The fraction of sp³-hybridized carbons (Fsp3) is 0. The van der Waals surface area contributed by atoms with Gasteiger partial charge in [-0.3, -0.25) is 0 Å². The van der Waals surface area contributed by atoms with E-state index in [2.05, 4.69) is 32.2 Å². The summed E-state index contributed by atoms with van der Waals surface area (Å²) in [6, 6.07) is 0. The van der Waals surface area contributed by atoms with E-state index >= 15 is 0 Å². The molecule has 0 atom stereocenters. The van der Waals surface area contributed by atoms with Crippen LogP contribution in [0.5, 0.6) is 0 Å². The van der Waals surface area contributed by atoms with Gasteiger partial charge in [-0.25, -0.2) is 10.4 Å². The van der Waals surface area contributed by atoms with E-state index in [-0.39, 0.29) is 5.95 Å². The monoisotopic (exact) mass is 209 g/mol. The van der Waals surface area contributed by atoms with E-state index in [0.717, 1.165) is 0 Å². The maximum Gasteiger partial charge on any atom is 0.224 e. The van der Waals surface area contributed by atoms with Crippen LogP contribution < -0.4 is 11.5 Å². The number of aromatic nitrogens is 4. The van der Waals surface area contributed by atoms with Crippen LogP contribution in [0.25, 0.3) is 11.2 Å². The van der Waals surface area contributed by atoms with Crippen LogP contribution in [-0.2, 0) is 0 Å². The quantitative estimate of drug-likeness (QED) is 0.362. The molecule has 6 N–H and O–H groups in total. The van der Waals surface area contributed by atoms with Gasteiger partial charge in [0.1, 0.15) is 5.52 Å². The van der Waals surface area contributed by atoms with Gasteiger partial charge >= 0.3 is 0 Å². The summed E-state index contributed by atoms with van der Waals surface area (Å²) >= 11 is 3.81. The van der Waals surface area contributed by atoms with Crippen LogP contribution in [0.2, 0.25) is 0 Å². The summed E-state index contributed by atoms with van der Waals surface area (Å²) in [4.78, 5) is 14.3. The number of nitrogens with zero attached hydrogens (tertiary/aromatic N) is 3. The summed E-state index contributed by atoms with van der Waals surface area (Å²) in [6.07, 6.45) is 1.50. The second-order valence-corrected chi connectivity index (χ2v) is 2.37. The summed E-state index contributed by atoms with van der Waals surface area (Å²) in [7, 11) is 0. The van der Waals surface area contributed by atoms with Crippen LogP contribution in [0.1, 0.15) is 0 Å². The van der Waals surface area contributed by atoms with Gasteiger partial charge in [0.25, 0.3) is 0 Å². The molecule has 72 valence electrons. The summed E-state index contributed by atoms with van der Waals surface area (Å²) in [5.41, 5.74) is 11.9. The lowest BCUT2D eigenvalue weighted by Gasteiger charge is -1.94. The number of nitrogen functional groups attached to an aromatic ring is 2. The van der Waals surface area contributed by atoms with E-state index in [1.165, 1.54) is 6.33 Å². The normalized spacial score (nSPS) is 8.86. The Kier molecular flexibility index (Phi) is 3.05. The molecular formula is C6H7N7S. The average Bonchev–Trinajstić information content (AvgIpc) is 2.53. The molecule has 0 aromatic carbocycles. The minimum atomic E-state index is 0.141. The molecule has 7 nitrogen and oxygen atoms in total. The highest BCUT2D eigenvalue weighted by atomic mass is 32.1. The van der Waals surface area contributed by atoms with Crippen LogP contribution >= 0.6 is 12.2 Å². The first-order valence-electron chi connectivity index (χ1n) is 3.45. The Balaban J connectivity index is 0.000000293. The van der Waals surface area contributed by atoms with Crippen molar-refractivity contribution in [1.82, 2.24) is 19.9 Å². The van der Waals surface area contributed by atoms with E-state index in [0.29, 0.717) is 17.0 Å². The molecule has 0 saturated carbocycles. The molecule has 2 rings (SSSR count). The molecule has 0 fully saturated rings. The van der Waals surface area contributed by atoms with Crippen molar-refractivity contribution in [3.05, 3.63) is 6.33 Å². The molecule has 2 heterocycles. The molecule has 0 bridgehead atoms. The minimum Gasteiger partial charge on any atom is -0.382 e. The fourth-order valence-electron chi connectivity index (χ4n) is 0.873. The summed E-state index contributed by atoms with van der Waals surface area (Å²) < 4.78 is 0. The summed E-state index contributed by atoms with van der Waals surface area (Å²) in [5, 5.41) is 7.36. The largest absolute Gasteiger partial charge is 0.382 e. The van der Waals surface area contributed by atoms with Gasteiger partial charge in [0, 0.05) is 0 Å². The first-order valence-corrected chi connectivity index (χ1v) is 3.85. The van der Waals surface area contributed by atoms with E-state index in [4.69, 9.17) is 16.9 Å². The Hall–Kier alpha value is -2.05. The van der Waals surface area contributed by atoms with Crippen LogP contribution in [0.3, 0.4) is 0 Å². The van der Waals surface area contributed by atoms with Gasteiger partial charge in [-0.15, -0.1) is 0 Å². The smallest absolute Gasteiger partial charge is 0.224 e. The summed E-state index contributed by atoms with van der Waals surface area (Å²) in [5.74, 6) is 0.465. The molecule has 0 aliphatic rings. The third kappa shape index (κ3) is 2.00. The van der Waals surface area contributed by atoms with Gasteiger partial charge in [0.05, 0.1) is 11.5 Å². The molecule has 0 saturated heterocycles. The third-order valence-corrected chi connectivity index (χ3v) is 1.33. The highest BCUT2D eigenvalue weighted by Gasteiger charge is 2.03. The number of imidazole rings is 1. The highest BCUT2D eigenvalue weighted by molar-refractivity contribution is 7.78. The van der Waals surface area contributed by atoms with Crippen molar-refractivity contribution in [2.75, 3.05) is 11.5 Å². The van der Waals surface area contributed by atoms with Gasteiger partial charge in [0.15, 0.2) is 11.5 Å². The second-order valence-electron chi connectivity index (χ2n) is 2.17. The van der Waals surface area contributed by atoms with Crippen LogP contribution in [-0.4, -0.2) is 25.1 Å². The molecular weight excluding hydrogens is 202 g/mol. The zero-order valence-corrected chi connectivity index (χ0v) is 7.80. The molecule has 2 aromatic heterocycles. The highest BCUT2D eigenvalue weighted by Crippen LogP contribution is 2.12. The molecule has 14 heavy (non-hydrogen) atoms. The molecule has 8 heteroatoms. The number of nitrogens with two attached hydrogens (primary N) is 2. The summed E-state index contributed by atoms with van der Waals surface area (Å²) in [6.45, 7) is 0. The Morgan fingerprint density at radius 2 is 2.07 bits per heavy atom. The third-order valence-electron chi connectivity index (χ3n) is 1.33. The first-order chi connectivity index (χ1) is 6.69. The Morgan fingerprint density at radius 3 is 2.71 bits per heavy atom. The van der Waals surface area contributed by atoms with Crippen LogP contribution in [0.15, 0.2) is 6.33 Å². The van der Waals surface area contributed by atoms with E-state index in [1.807, 2.05) is 0 Å². The molecule has 0 aliphatic carbocycles. The molecule has 0 radical (unpaired) electrons. The van der Waals surface area contributed by atoms with Crippen molar-refractivity contribution in [2.45, 2.75) is 0 Å². The van der Waals surface area contributed by atoms with Gasteiger partial charge in [-0.05, 0) is 12.2 Å². The number of hydrogen-bond acceptors (Lipinski definition) is 7. The van der Waals surface area contributed by atoms with Crippen molar-refractivity contribution < 1.29 is 0 Å². The zero-order valence-electron chi connectivity index (χ0n) is 6.98. The number of anilines is 2. The lowest BCUT2D eigenvalue weighted by atomic mass is 10.5. The molecule has 0 aliphatic heterocycles. The van der Waals surface area contributed by atoms with E-state index < -0.39 is 0 Å². The predicted molar refractivity (Wildman–Crippen MR) is 55.8 cm³/mol. The number of nitrogens with one attached hydrogen (secondary N) is 2. The zero-order chi connectivity index (χ0) is 10.6. The number of isothiocyanates is 1. The topological polar surface area (TPSA) is 130 Å². The van der Waals surface area contributed by atoms with Crippen molar-refractivity contribution in [3.63, 3.8) is 0 Å². The van der Waals surface area contributed by atoms with Crippen molar-refractivity contribution >= 4 is 40.3 Å². The fourth-order valence-corrected chi connectivity index (χ4v) is 0.873. The van der Waals surface area contributed by atoms with Crippen molar-refractivity contribution in [3.8, 4) is 0 Å². The number of aromatic amines is 1. The van der Waals surface area contributed by atoms with Crippen molar-refractivity contribution in [2.24, 2.45) is 0 Å². The SMILES string of the molecule is N=C=S.Nc1nc(N)c2[nH]cnc2n1. The number of hydrogen-bond donors (Lipinski definition) is 4. The molecule has 2 aromatic rings. The number of H-pyrrole nitrogens is 1. The van der Waals surface area contributed by atoms with Crippen molar-refractivity contribution in [1.29, 1.82) is 5.41 Å². The van der Waals surface area contributed by atoms with Gasteiger partial charge in [0.2, 0.25) is 5.95 Å². The first kappa shape index (κ1) is 10.0. The van der Waals surface area contributed by atoms with Crippen LogP contribution in [0, 0.1) is 5.41 Å². The van der Waals surface area contributed by atoms with Gasteiger partial charge < -0.3 is 16.5 Å². The average molecular weight is 209 g/mol. The van der Waals surface area contributed by atoms with E-state index in [1.54, 1.807) is 5.16 Å². The Bertz CT molecular complexity index is 470. The molecule has 0 spiro atoms. The maximum absolute atomic E-state index is 5.77. The Morgan fingerprint density at radius 1 is 1.43 bits per heavy atom. The van der Waals surface area contributed by atoms with Gasteiger partial charge in [-0.1, -0.05) is 0 Å². The molecule has 0 unspecified atom stereocenters.